The SMILES string of the molecule is C=CCCCCOC(=O)[C@H]1[C@H]2C(=O)N([C@@H](CC)CO)C(C(=O)N(CC=C)c3ccc(OC)cc3)C23CC[C@]1(C)S3. The van der Waals surface area contributed by atoms with Crippen molar-refractivity contribution in [1.29, 1.82) is 0 Å². The van der Waals surface area contributed by atoms with Crippen molar-refractivity contribution in [2.24, 2.45) is 11.8 Å². The third-order valence-corrected chi connectivity index (χ3v) is 10.8. The van der Waals surface area contributed by atoms with Gasteiger partial charge in [0.05, 0.1) is 42.9 Å². The van der Waals surface area contributed by atoms with E-state index in [0.717, 1.165) is 19.3 Å². The minimum atomic E-state index is -0.832. The van der Waals surface area contributed by atoms with Crippen molar-refractivity contribution in [1.82, 2.24) is 4.90 Å². The Kier molecular flexibility index (Phi) is 9.35. The topological polar surface area (TPSA) is 96.4 Å². The maximum Gasteiger partial charge on any atom is 0.311 e. The number of aliphatic hydroxyl groups excluding tert-OH is 1. The molecule has 6 atom stereocenters. The second-order valence-corrected chi connectivity index (χ2v) is 13.0. The van der Waals surface area contributed by atoms with Gasteiger partial charge in [-0.1, -0.05) is 19.1 Å². The normalized spacial score (nSPS) is 29.1. The lowest BCUT2D eigenvalue weighted by atomic mass is 9.66. The molecule has 40 heavy (non-hydrogen) atoms. The molecule has 3 heterocycles. The molecule has 1 aromatic carbocycles. The lowest BCUT2D eigenvalue weighted by molar-refractivity contribution is -0.156. The average Bonchev–Trinajstić information content (AvgIpc) is 3.53. The molecule has 2 bridgehead atoms. The molecule has 9 heteroatoms. The summed E-state index contributed by atoms with van der Waals surface area (Å²) < 4.78 is 9.74. The number of aliphatic hydroxyl groups is 1. The quantitative estimate of drug-likeness (QED) is 0.202. The fraction of sp³-hybridized carbons (Fsp3) is 0.581. The van der Waals surface area contributed by atoms with Crippen molar-refractivity contribution in [3.8, 4) is 5.75 Å². The second-order valence-electron chi connectivity index (χ2n) is 11.1. The van der Waals surface area contributed by atoms with E-state index in [9.17, 15) is 19.5 Å². The molecule has 0 aliphatic carbocycles. The molecule has 0 aromatic heterocycles. The van der Waals surface area contributed by atoms with Crippen molar-refractivity contribution < 1.29 is 29.0 Å². The molecule has 3 aliphatic heterocycles. The Morgan fingerprint density at radius 2 is 1.95 bits per heavy atom. The number of methoxy groups -OCH3 is 1. The molecule has 2 amide bonds. The predicted molar refractivity (Wildman–Crippen MR) is 157 cm³/mol. The van der Waals surface area contributed by atoms with Crippen molar-refractivity contribution in [3.63, 3.8) is 0 Å². The van der Waals surface area contributed by atoms with E-state index >= 15 is 0 Å². The van der Waals surface area contributed by atoms with Gasteiger partial charge in [-0.25, -0.2) is 0 Å². The number of anilines is 1. The Morgan fingerprint density at radius 1 is 1.23 bits per heavy atom. The van der Waals surface area contributed by atoms with Crippen LogP contribution in [-0.4, -0.2) is 76.2 Å². The zero-order valence-corrected chi connectivity index (χ0v) is 24.7. The van der Waals surface area contributed by atoms with Gasteiger partial charge in [-0.15, -0.1) is 24.9 Å². The average molecular weight is 571 g/mol. The molecule has 0 saturated carbocycles. The zero-order chi connectivity index (χ0) is 29.1. The Labute approximate surface area is 241 Å². The second kappa shape index (κ2) is 12.4. The van der Waals surface area contributed by atoms with Crippen LogP contribution in [0.2, 0.25) is 0 Å². The van der Waals surface area contributed by atoms with Crippen molar-refractivity contribution in [2.75, 3.05) is 31.8 Å². The van der Waals surface area contributed by atoms with Crippen LogP contribution in [0.3, 0.4) is 0 Å². The number of hydrogen-bond donors (Lipinski definition) is 1. The summed E-state index contributed by atoms with van der Waals surface area (Å²) >= 11 is 1.60. The van der Waals surface area contributed by atoms with Gasteiger partial charge in [0.1, 0.15) is 11.8 Å². The van der Waals surface area contributed by atoms with Crippen LogP contribution in [-0.2, 0) is 19.1 Å². The van der Waals surface area contributed by atoms with Crippen LogP contribution in [0.4, 0.5) is 5.69 Å². The largest absolute Gasteiger partial charge is 0.497 e. The van der Waals surface area contributed by atoms with E-state index in [1.165, 1.54) is 0 Å². The van der Waals surface area contributed by atoms with Gasteiger partial charge in [0.2, 0.25) is 5.91 Å². The molecule has 4 rings (SSSR count). The molecule has 8 nitrogen and oxygen atoms in total. The van der Waals surface area contributed by atoms with Gasteiger partial charge in [-0.3, -0.25) is 14.4 Å². The molecular weight excluding hydrogens is 528 g/mol. The number of nitrogens with zero attached hydrogens (tertiary/aromatic N) is 2. The highest BCUT2D eigenvalue weighted by molar-refractivity contribution is 8.02. The van der Waals surface area contributed by atoms with E-state index in [0.29, 0.717) is 37.3 Å². The fourth-order valence-corrected chi connectivity index (χ4v) is 9.15. The van der Waals surface area contributed by atoms with E-state index in [1.807, 2.05) is 32.1 Å². The Balaban J connectivity index is 1.72. The number of carbonyl (C=O) groups is 3. The summed E-state index contributed by atoms with van der Waals surface area (Å²) in [7, 11) is 1.58. The van der Waals surface area contributed by atoms with E-state index in [4.69, 9.17) is 9.47 Å². The zero-order valence-electron chi connectivity index (χ0n) is 23.8. The standard InChI is InChI=1S/C31H42N2O6S/c1-6-9-10-11-19-39-29(37)25-24-27(35)33(21(8-3)20-34)26(31(24)17-16-30(25,4)40-31)28(36)32(18-7-2)22-12-14-23(38-5)15-13-22/h6-7,12-15,21,24-26,34H,1-2,8-11,16-20H2,3-5H3/t21-,24-,25+,26?,30-,31?/m0/s1. The van der Waals surface area contributed by atoms with Gasteiger partial charge in [0.15, 0.2) is 0 Å². The van der Waals surface area contributed by atoms with Gasteiger partial charge < -0.3 is 24.4 Å². The van der Waals surface area contributed by atoms with E-state index in [-0.39, 0.29) is 30.9 Å². The van der Waals surface area contributed by atoms with Gasteiger partial charge >= 0.3 is 5.97 Å². The minimum Gasteiger partial charge on any atom is -0.497 e. The fourth-order valence-electron chi connectivity index (χ4n) is 6.82. The lowest BCUT2D eigenvalue weighted by Gasteiger charge is -2.39. The number of carbonyl (C=O) groups excluding carboxylic acids is 3. The highest BCUT2D eigenvalue weighted by atomic mass is 32.2. The van der Waals surface area contributed by atoms with Gasteiger partial charge in [-0.2, -0.15) is 0 Å². The number of amides is 2. The number of hydrogen-bond acceptors (Lipinski definition) is 7. The van der Waals surface area contributed by atoms with Gasteiger partial charge in [-0.05, 0) is 69.7 Å². The first-order chi connectivity index (χ1) is 19.2. The number of unbranched alkanes of at least 4 members (excludes halogenated alkanes) is 2. The molecule has 3 aliphatic rings. The van der Waals surface area contributed by atoms with Crippen LogP contribution >= 0.6 is 11.8 Å². The maximum atomic E-state index is 14.6. The summed E-state index contributed by atoms with van der Waals surface area (Å²) in [6, 6.07) is 5.84. The number of thioether (sulfide) groups is 1. The Hall–Kier alpha value is -2.78. The summed E-state index contributed by atoms with van der Waals surface area (Å²) in [4.78, 5) is 45.7. The van der Waals surface area contributed by atoms with Gasteiger partial charge in [0, 0.05) is 17.0 Å². The molecule has 3 fully saturated rings. The number of fused-ring (bicyclic) bond motifs is 1. The van der Waals surface area contributed by atoms with E-state index < -0.39 is 33.4 Å². The van der Waals surface area contributed by atoms with Crippen LogP contribution in [0.25, 0.3) is 0 Å². The van der Waals surface area contributed by atoms with Crippen LogP contribution < -0.4 is 9.64 Å². The first kappa shape index (κ1) is 30.2. The lowest BCUT2D eigenvalue weighted by Crippen LogP contribution is -2.57. The number of esters is 1. The number of likely N-dealkylation sites (tertiary alicyclic amines) is 1. The molecule has 1 N–H and O–H groups in total. The molecule has 3 saturated heterocycles. The van der Waals surface area contributed by atoms with Crippen LogP contribution in [0.1, 0.15) is 52.4 Å². The summed E-state index contributed by atoms with van der Waals surface area (Å²) in [6.07, 6.45) is 7.78. The Morgan fingerprint density at radius 3 is 2.55 bits per heavy atom. The summed E-state index contributed by atoms with van der Waals surface area (Å²) in [5, 5.41) is 10.3. The van der Waals surface area contributed by atoms with E-state index in [2.05, 4.69) is 13.2 Å². The number of rotatable bonds is 14. The van der Waals surface area contributed by atoms with Crippen LogP contribution in [0.5, 0.6) is 5.75 Å². The smallest absolute Gasteiger partial charge is 0.311 e. The maximum absolute atomic E-state index is 14.6. The molecule has 0 radical (unpaired) electrons. The third-order valence-electron chi connectivity index (χ3n) is 8.79. The minimum absolute atomic E-state index is 0.233. The molecular formula is C31H42N2O6S. The molecule has 1 aromatic rings. The molecule has 218 valence electrons. The summed E-state index contributed by atoms with van der Waals surface area (Å²) in [5.41, 5.74) is 0.661. The van der Waals surface area contributed by atoms with Gasteiger partial charge in [0.25, 0.3) is 5.91 Å². The predicted octanol–water partition coefficient (Wildman–Crippen LogP) is 4.37. The number of benzene rings is 1. The highest BCUT2D eigenvalue weighted by Gasteiger charge is 2.78. The van der Waals surface area contributed by atoms with Crippen molar-refractivity contribution >= 4 is 35.2 Å². The number of allylic oxidation sites excluding steroid dienone is 1. The van der Waals surface area contributed by atoms with Crippen LogP contribution in [0.15, 0.2) is 49.6 Å². The Bertz CT molecular complexity index is 1120. The van der Waals surface area contributed by atoms with E-state index in [1.54, 1.807) is 46.9 Å². The summed E-state index contributed by atoms with van der Waals surface area (Å²) in [5.74, 6) is -1.51. The summed E-state index contributed by atoms with van der Waals surface area (Å²) in [6.45, 7) is 11.8. The van der Waals surface area contributed by atoms with Crippen molar-refractivity contribution in [3.05, 3.63) is 49.6 Å². The molecule has 2 unspecified atom stereocenters. The van der Waals surface area contributed by atoms with Crippen molar-refractivity contribution in [2.45, 2.75) is 74.0 Å². The third kappa shape index (κ3) is 5.07. The highest BCUT2D eigenvalue weighted by Crippen LogP contribution is 2.71. The monoisotopic (exact) mass is 570 g/mol. The number of ether oxygens (including phenoxy) is 2. The molecule has 1 spiro atoms. The first-order valence-corrected chi connectivity index (χ1v) is 15.0. The van der Waals surface area contributed by atoms with Crippen LogP contribution in [0, 0.1) is 11.8 Å². The first-order valence-electron chi connectivity index (χ1n) is 14.2.